The van der Waals surface area contributed by atoms with Gasteiger partial charge in [-0.25, -0.2) is 14.6 Å². The molecule has 15 nitrogen and oxygen atoms in total. The van der Waals surface area contributed by atoms with Gasteiger partial charge in [0.05, 0.1) is 13.7 Å². The first-order valence-electron chi connectivity index (χ1n) is 19.0. The van der Waals surface area contributed by atoms with Crippen LogP contribution < -0.4 is 26.8 Å². The lowest BCUT2D eigenvalue weighted by molar-refractivity contribution is -0.168. The van der Waals surface area contributed by atoms with E-state index in [1.807, 2.05) is 0 Å². The number of pyridine rings is 1. The molecule has 6 N–H and O–H groups in total. The van der Waals surface area contributed by atoms with Gasteiger partial charge in [0.15, 0.2) is 5.69 Å². The van der Waals surface area contributed by atoms with Crippen molar-refractivity contribution in [2.75, 3.05) is 25.6 Å². The summed E-state index contributed by atoms with van der Waals surface area (Å²) >= 11 is 0. The molecule has 1 aromatic heterocycles. The van der Waals surface area contributed by atoms with Crippen LogP contribution >= 0.6 is 0 Å². The molecule has 57 heavy (non-hydrogen) atoms. The van der Waals surface area contributed by atoms with Gasteiger partial charge in [0.2, 0.25) is 6.29 Å². The Hall–Kier alpha value is -6.09. The molecule has 0 bridgehead atoms. The Labute approximate surface area is 332 Å². The van der Waals surface area contributed by atoms with Crippen LogP contribution in [0.25, 0.3) is 17.2 Å². The monoisotopic (exact) mass is 784 g/mol. The number of aliphatic imine (C=N–C) groups is 1. The lowest BCUT2D eigenvalue weighted by atomic mass is 9.94. The fourth-order valence-corrected chi connectivity index (χ4v) is 5.50. The molecule has 1 saturated carbocycles. The van der Waals surface area contributed by atoms with E-state index < -0.39 is 42.2 Å². The lowest BCUT2D eigenvalue weighted by Crippen LogP contribution is -2.39. The Morgan fingerprint density at radius 1 is 0.965 bits per heavy atom. The fraction of sp³-hybridized carbons (Fsp3) is 0.405. The molecule has 0 aliphatic heterocycles. The number of carbonyl (C=O) groups is 5. The number of nitrogens with zero attached hydrogens (tertiary/aromatic N) is 2. The first kappa shape index (κ1) is 43.6. The second-order valence-corrected chi connectivity index (χ2v) is 14.0. The minimum absolute atomic E-state index is 0.0528. The normalized spacial score (nSPS) is 13.6. The number of benzene rings is 2. The molecule has 1 aliphatic carbocycles. The number of anilines is 1. The summed E-state index contributed by atoms with van der Waals surface area (Å²) in [7, 11) is 1.44. The summed E-state index contributed by atoms with van der Waals surface area (Å²) in [6, 6.07) is 11.4. The number of carbonyl (C=O) groups excluding carboxylic acids is 5. The number of nitrogens with two attached hydrogens (primary N) is 2. The van der Waals surface area contributed by atoms with Crippen LogP contribution in [0.3, 0.4) is 0 Å². The van der Waals surface area contributed by atoms with E-state index in [2.05, 4.69) is 34.1 Å². The first-order chi connectivity index (χ1) is 27.3. The average molecular weight is 785 g/mol. The van der Waals surface area contributed by atoms with Crippen LogP contribution in [-0.2, 0) is 19.0 Å². The smallest absolute Gasteiger partial charge is 0.435 e. The van der Waals surface area contributed by atoms with Crippen molar-refractivity contribution in [3.8, 4) is 16.9 Å². The van der Waals surface area contributed by atoms with Gasteiger partial charge in [-0.3, -0.25) is 14.4 Å². The molecule has 1 fully saturated rings. The number of rotatable bonds is 19. The molecule has 15 heteroatoms. The maximum Gasteiger partial charge on any atom is 0.435 e. The van der Waals surface area contributed by atoms with Crippen LogP contribution in [0.2, 0.25) is 0 Å². The molecule has 304 valence electrons. The van der Waals surface area contributed by atoms with E-state index in [-0.39, 0.29) is 46.4 Å². The third-order valence-corrected chi connectivity index (χ3v) is 9.11. The van der Waals surface area contributed by atoms with E-state index in [4.69, 9.17) is 30.4 Å². The molecule has 3 amide bonds. The molecular formula is C42H52N6O9. The summed E-state index contributed by atoms with van der Waals surface area (Å²) in [4.78, 5) is 73.9. The van der Waals surface area contributed by atoms with Crippen molar-refractivity contribution >= 4 is 47.4 Å². The molecule has 2 atom stereocenters. The van der Waals surface area contributed by atoms with E-state index in [0.29, 0.717) is 35.0 Å². The zero-order chi connectivity index (χ0) is 41.6. The highest BCUT2D eigenvalue weighted by Gasteiger charge is 2.29. The molecule has 0 saturated heterocycles. The van der Waals surface area contributed by atoms with Crippen LogP contribution in [0.4, 0.5) is 10.5 Å². The third-order valence-electron chi connectivity index (χ3n) is 9.11. The van der Waals surface area contributed by atoms with Crippen molar-refractivity contribution < 1.29 is 42.9 Å². The minimum atomic E-state index is -1.37. The van der Waals surface area contributed by atoms with Crippen molar-refractivity contribution in [1.82, 2.24) is 10.3 Å². The third kappa shape index (κ3) is 12.5. The van der Waals surface area contributed by atoms with Crippen molar-refractivity contribution in [2.24, 2.45) is 28.3 Å². The van der Waals surface area contributed by atoms with Crippen molar-refractivity contribution in [2.45, 2.75) is 78.6 Å². The number of hydrogen-bond acceptors (Lipinski definition) is 11. The predicted molar refractivity (Wildman–Crippen MR) is 216 cm³/mol. The maximum absolute atomic E-state index is 14.1. The molecule has 0 radical (unpaired) electrons. The molecule has 0 spiro atoms. The molecule has 2 aromatic carbocycles. The van der Waals surface area contributed by atoms with Crippen LogP contribution in [0.5, 0.6) is 5.75 Å². The maximum atomic E-state index is 14.1. The van der Waals surface area contributed by atoms with Gasteiger partial charge in [-0.05, 0) is 79.6 Å². The van der Waals surface area contributed by atoms with Gasteiger partial charge in [0, 0.05) is 47.0 Å². The Bertz CT molecular complexity index is 1970. The largest absolute Gasteiger partial charge is 0.496 e. The number of hydrogen-bond donors (Lipinski definition) is 4. The number of ether oxygens (including phenoxy) is 4. The van der Waals surface area contributed by atoms with Gasteiger partial charge in [-0.15, -0.1) is 0 Å². The van der Waals surface area contributed by atoms with Crippen LogP contribution in [0.15, 0.2) is 60.1 Å². The van der Waals surface area contributed by atoms with E-state index in [9.17, 15) is 24.0 Å². The lowest BCUT2D eigenvalue weighted by Gasteiger charge is -2.20. The molecular weight excluding hydrogens is 732 g/mol. The van der Waals surface area contributed by atoms with Crippen LogP contribution in [0, 0.1) is 11.8 Å². The zero-order valence-electron chi connectivity index (χ0n) is 33.1. The highest BCUT2D eigenvalue weighted by Crippen LogP contribution is 2.35. The highest BCUT2D eigenvalue weighted by atomic mass is 16.7. The summed E-state index contributed by atoms with van der Waals surface area (Å²) in [5.41, 5.74) is 13.2. The summed E-state index contributed by atoms with van der Waals surface area (Å²) in [6.45, 7) is 11.5. The predicted octanol–water partition coefficient (Wildman–Crippen LogP) is 6.24. The Kier molecular flexibility index (Phi) is 15.9. The van der Waals surface area contributed by atoms with Crippen molar-refractivity contribution in [3.63, 3.8) is 0 Å². The second-order valence-electron chi connectivity index (χ2n) is 14.0. The Balaban J connectivity index is 1.66. The number of esters is 2. The Morgan fingerprint density at radius 2 is 1.68 bits per heavy atom. The van der Waals surface area contributed by atoms with E-state index in [1.165, 1.54) is 38.3 Å². The fourth-order valence-electron chi connectivity index (χ4n) is 5.50. The topological polar surface area (TPSA) is 224 Å². The van der Waals surface area contributed by atoms with Crippen LogP contribution in [-0.4, -0.2) is 73.3 Å². The zero-order valence-corrected chi connectivity index (χ0v) is 33.1. The molecule has 1 heterocycles. The number of amidine groups is 1. The molecule has 2 unspecified atom stereocenters. The number of nitrogens with one attached hydrogen (secondary N) is 2. The van der Waals surface area contributed by atoms with Crippen LogP contribution in [0.1, 0.15) is 109 Å². The van der Waals surface area contributed by atoms with Crippen molar-refractivity contribution in [3.05, 3.63) is 83.2 Å². The van der Waals surface area contributed by atoms with Gasteiger partial charge in [-0.2, -0.15) is 4.99 Å². The standard InChI is InChI=1S/C42H52N6O9/c1-7-9-10-11-20-55-42(53)48-37(44)28-14-16-29(17-15-28)46-38(49)32-21-27(8-2)34(54-6)22-31(32)30-18-19-33(39(50)45-23-26-12-13-26)47-36(30)41(52)57-25(5)56-40(51)35(43)24(3)4/h8,14-19,21-22,24-26,35H,2,7,9-13,20,23,43H2,1,3-6H3,(H,45,50)(H,46,49)(H2,44,48,53). The summed E-state index contributed by atoms with van der Waals surface area (Å²) in [6.07, 6.45) is 5.16. The van der Waals surface area contributed by atoms with E-state index in [0.717, 1.165) is 38.5 Å². The molecule has 4 rings (SSSR count). The SMILES string of the molecule is C=Cc1cc(C(=O)Nc2ccc(C(N)=NC(=O)OCCCCCC)cc2)c(-c2ccc(C(=O)NCC3CC3)nc2C(=O)OC(C)OC(=O)C(N)C(C)C)cc1OC. The number of aromatic nitrogens is 1. The van der Waals surface area contributed by atoms with Gasteiger partial charge in [0.1, 0.15) is 23.3 Å². The first-order valence-corrected chi connectivity index (χ1v) is 19.0. The average Bonchev–Trinajstić information content (AvgIpc) is 4.03. The van der Waals surface area contributed by atoms with Gasteiger partial charge in [-0.1, -0.05) is 52.7 Å². The Morgan fingerprint density at radius 3 is 2.32 bits per heavy atom. The quantitative estimate of drug-likeness (QED) is 0.0348. The van der Waals surface area contributed by atoms with Gasteiger partial charge in [0.25, 0.3) is 11.8 Å². The molecule has 3 aromatic rings. The number of amides is 3. The highest BCUT2D eigenvalue weighted by molar-refractivity contribution is 6.11. The summed E-state index contributed by atoms with van der Waals surface area (Å²) < 4.78 is 21.5. The second kappa shape index (κ2) is 20.7. The van der Waals surface area contributed by atoms with Crippen molar-refractivity contribution in [1.29, 1.82) is 0 Å². The van der Waals surface area contributed by atoms with E-state index in [1.54, 1.807) is 44.2 Å². The number of methoxy groups -OCH3 is 1. The summed E-state index contributed by atoms with van der Waals surface area (Å²) in [5.74, 6) is -2.47. The molecule has 1 aliphatic rings. The van der Waals surface area contributed by atoms with Gasteiger partial charge < -0.3 is 41.0 Å². The minimum Gasteiger partial charge on any atom is -0.496 e. The summed E-state index contributed by atoms with van der Waals surface area (Å²) in [5, 5.41) is 5.67. The number of unbranched alkanes of at least 4 members (excludes halogenated alkanes) is 3. The van der Waals surface area contributed by atoms with Gasteiger partial charge >= 0.3 is 18.0 Å². The van der Waals surface area contributed by atoms with E-state index >= 15 is 0 Å².